The summed E-state index contributed by atoms with van der Waals surface area (Å²) in [6.07, 6.45) is 0.850. The number of piperidine rings is 1. The number of rotatable bonds is 2. The molecule has 0 aromatic rings. The molecule has 0 radical (unpaired) electrons. The van der Waals surface area contributed by atoms with Crippen molar-refractivity contribution < 1.29 is 9.90 Å². The fourth-order valence-corrected chi connectivity index (χ4v) is 1.86. The minimum atomic E-state index is -0.368. The Morgan fingerprint density at radius 2 is 2.23 bits per heavy atom. The first kappa shape index (κ1) is 10.5. The molecule has 1 amide bonds. The SMILES string of the molecule is CC(C)N1CCC(O)CC1C(N)=O. The molecule has 4 nitrogen and oxygen atoms in total. The average Bonchev–Trinajstić information content (AvgIpc) is 2.03. The van der Waals surface area contributed by atoms with Gasteiger partial charge >= 0.3 is 0 Å². The summed E-state index contributed by atoms with van der Waals surface area (Å²) in [5, 5.41) is 9.39. The molecule has 76 valence electrons. The van der Waals surface area contributed by atoms with Crippen LogP contribution in [0.25, 0.3) is 0 Å². The van der Waals surface area contributed by atoms with Gasteiger partial charge in [-0.05, 0) is 26.7 Å². The number of nitrogens with two attached hydrogens (primary N) is 1. The summed E-state index contributed by atoms with van der Waals surface area (Å²) in [6.45, 7) is 4.83. The van der Waals surface area contributed by atoms with Gasteiger partial charge in [-0.15, -0.1) is 0 Å². The summed E-state index contributed by atoms with van der Waals surface area (Å²) in [5.41, 5.74) is 5.27. The molecule has 1 rings (SSSR count). The quantitative estimate of drug-likeness (QED) is 0.622. The number of carbonyl (C=O) groups excluding carboxylic acids is 1. The van der Waals surface area contributed by atoms with E-state index < -0.39 is 0 Å². The van der Waals surface area contributed by atoms with E-state index in [9.17, 15) is 9.90 Å². The number of aliphatic hydroxyl groups excluding tert-OH is 1. The van der Waals surface area contributed by atoms with Crippen molar-refractivity contribution >= 4 is 5.91 Å². The first-order valence-corrected chi connectivity index (χ1v) is 4.75. The maximum Gasteiger partial charge on any atom is 0.234 e. The van der Waals surface area contributed by atoms with Crippen LogP contribution in [0.4, 0.5) is 0 Å². The summed E-state index contributed by atoms with van der Waals surface area (Å²) in [5.74, 6) is -0.326. The highest BCUT2D eigenvalue weighted by molar-refractivity contribution is 5.80. The second-order valence-electron chi connectivity index (χ2n) is 3.93. The average molecular weight is 186 g/mol. The molecule has 1 heterocycles. The van der Waals surface area contributed by atoms with Gasteiger partial charge < -0.3 is 10.8 Å². The Morgan fingerprint density at radius 1 is 1.62 bits per heavy atom. The third kappa shape index (κ3) is 2.42. The Hall–Kier alpha value is -0.610. The summed E-state index contributed by atoms with van der Waals surface area (Å²) < 4.78 is 0. The minimum Gasteiger partial charge on any atom is -0.393 e. The van der Waals surface area contributed by atoms with Crippen LogP contribution in [0.3, 0.4) is 0 Å². The van der Waals surface area contributed by atoms with Crippen LogP contribution >= 0.6 is 0 Å². The largest absolute Gasteiger partial charge is 0.393 e. The van der Waals surface area contributed by atoms with Crippen LogP contribution in [0, 0.1) is 0 Å². The summed E-state index contributed by atoms with van der Waals surface area (Å²) >= 11 is 0. The van der Waals surface area contributed by atoms with Gasteiger partial charge in [0.2, 0.25) is 5.91 Å². The van der Waals surface area contributed by atoms with E-state index in [0.29, 0.717) is 12.5 Å². The number of aliphatic hydroxyl groups is 1. The molecule has 0 aromatic heterocycles. The number of amides is 1. The topological polar surface area (TPSA) is 66.6 Å². The van der Waals surface area contributed by atoms with Crippen molar-refractivity contribution in [3.05, 3.63) is 0 Å². The maximum absolute atomic E-state index is 11.1. The molecule has 0 bridgehead atoms. The molecule has 3 N–H and O–H groups in total. The van der Waals surface area contributed by atoms with Crippen LogP contribution in [-0.2, 0) is 4.79 Å². The lowest BCUT2D eigenvalue weighted by molar-refractivity contribution is -0.127. The standard InChI is InChI=1S/C9H18N2O2/c1-6(2)11-4-3-7(12)5-8(11)9(10)13/h6-8,12H,3-5H2,1-2H3,(H2,10,13). The van der Waals surface area contributed by atoms with Crippen LogP contribution in [0.1, 0.15) is 26.7 Å². The summed E-state index contributed by atoms with van der Waals surface area (Å²) in [6, 6.07) is 0.0220. The van der Waals surface area contributed by atoms with Crippen molar-refractivity contribution in [1.29, 1.82) is 0 Å². The predicted molar refractivity (Wildman–Crippen MR) is 50.1 cm³/mol. The molecule has 1 aliphatic rings. The molecule has 1 fully saturated rings. The van der Waals surface area contributed by atoms with E-state index in [1.165, 1.54) is 0 Å². The Kier molecular flexibility index (Phi) is 3.27. The van der Waals surface area contributed by atoms with Gasteiger partial charge in [-0.3, -0.25) is 9.69 Å². The lowest BCUT2D eigenvalue weighted by Crippen LogP contribution is -2.53. The molecule has 2 unspecified atom stereocenters. The number of primary amides is 1. The fraction of sp³-hybridized carbons (Fsp3) is 0.889. The zero-order chi connectivity index (χ0) is 10.0. The van der Waals surface area contributed by atoms with Gasteiger partial charge in [0.1, 0.15) is 0 Å². The van der Waals surface area contributed by atoms with E-state index >= 15 is 0 Å². The molecule has 0 aromatic carbocycles. The Labute approximate surface area is 78.7 Å². The first-order chi connectivity index (χ1) is 6.02. The van der Waals surface area contributed by atoms with Gasteiger partial charge in [-0.2, -0.15) is 0 Å². The normalized spacial score (nSPS) is 30.8. The van der Waals surface area contributed by atoms with Crippen LogP contribution in [-0.4, -0.2) is 40.6 Å². The van der Waals surface area contributed by atoms with E-state index in [1.54, 1.807) is 0 Å². The number of nitrogens with zero attached hydrogens (tertiary/aromatic N) is 1. The molecular weight excluding hydrogens is 168 g/mol. The highest BCUT2D eigenvalue weighted by Crippen LogP contribution is 2.19. The molecule has 1 saturated heterocycles. The van der Waals surface area contributed by atoms with Crippen LogP contribution in [0.2, 0.25) is 0 Å². The Morgan fingerprint density at radius 3 is 2.69 bits per heavy atom. The van der Waals surface area contributed by atoms with Crippen molar-refractivity contribution in [2.24, 2.45) is 5.73 Å². The highest BCUT2D eigenvalue weighted by Gasteiger charge is 2.32. The number of hydrogen-bond donors (Lipinski definition) is 2. The van der Waals surface area contributed by atoms with Crippen LogP contribution < -0.4 is 5.73 Å². The fourth-order valence-electron chi connectivity index (χ4n) is 1.86. The first-order valence-electron chi connectivity index (χ1n) is 4.75. The molecule has 2 atom stereocenters. The van der Waals surface area contributed by atoms with Crippen LogP contribution in [0.5, 0.6) is 0 Å². The van der Waals surface area contributed by atoms with Crippen molar-refractivity contribution in [3.63, 3.8) is 0 Å². The second-order valence-corrected chi connectivity index (χ2v) is 3.93. The van der Waals surface area contributed by atoms with Gasteiger partial charge in [0.05, 0.1) is 12.1 Å². The number of hydrogen-bond acceptors (Lipinski definition) is 3. The van der Waals surface area contributed by atoms with Gasteiger partial charge in [0, 0.05) is 12.6 Å². The predicted octanol–water partition coefficient (Wildman–Crippen LogP) is -0.295. The summed E-state index contributed by atoms with van der Waals surface area (Å²) in [7, 11) is 0. The Balaban J connectivity index is 2.66. The van der Waals surface area contributed by atoms with E-state index in [0.717, 1.165) is 13.0 Å². The molecular formula is C9H18N2O2. The molecule has 0 aliphatic carbocycles. The van der Waals surface area contributed by atoms with Gasteiger partial charge in [0.15, 0.2) is 0 Å². The van der Waals surface area contributed by atoms with Crippen molar-refractivity contribution in [2.45, 2.75) is 44.9 Å². The van der Waals surface area contributed by atoms with Crippen molar-refractivity contribution in [3.8, 4) is 0 Å². The molecule has 0 saturated carbocycles. The van der Waals surface area contributed by atoms with Crippen molar-refractivity contribution in [2.75, 3.05) is 6.54 Å². The molecule has 0 spiro atoms. The number of carbonyl (C=O) groups is 1. The van der Waals surface area contributed by atoms with Gasteiger partial charge in [-0.25, -0.2) is 0 Å². The van der Waals surface area contributed by atoms with Crippen molar-refractivity contribution in [1.82, 2.24) is 4.90 Å². The number of likely N-dealkylation sites (tertiary alicyclic amines) is 1. The molecule has 1 aliphatic heterocycles. The van der Waals surface area contributed by atoms with E-state index in [2.05, 4.69) is 4.90 Å². The zero-order valence-electron chi connectivity index (χ0n) is 8.23. The molecule has 4 heteroatoms. The third-order valence-corrected chi connectivity index (χ3v) is 2.61. The van der Waals surface area contributed by atoms with E-state index in [4.69, 9.17) is 5.73 Å². The monoisotopic (exact) mass is 186 g/mol. The van der Waals surface area contributed by atoms with E-state index in [1.807, 2.05) is 13.8 Å². The third-order valence-electron chi connectivity index (χ3n) is 2.61. The smallest absolute Gasteiger partial charge is 0.234 e. The second kappa shape index (κ2) is 4.07. The zero-order valence-corrected chi connectivity index (χ0v) is 8.23. The lowest BCUT2D eigenvalue weighted by atomic mass is 9.97. The maximum atomic E-state index is 11.1. The van der Waals surface area contributed by atoms with Gasteiger partial charge in [0.25, 0.3) is 0 Å². The van der Waals surface area contributed by atoms with Crippen LogP contribution in [0.15, 0.2) is 0 Å². The minimum absolute atomic E-state index is 0.288. The van der Waals surface area contributed by atoms with E-state index in [-0.39, 0.29) is 18.1 Å². The molecule has 13 heavy (non-hydrogen) atoms. The Bertz CT molecular complexity index is 194. The van der Waals surface area contributed by atoms with Gasteiger partial charge in [-0.1, -0.05) is 0 Å². The highest BCUT2D eigenvalue weighted by atomic mass is 16.3. The summed E-state index contributed by atoms with van der Waals surface area (Å²) in [4.78, 5) is 13.1. The lowest BCUT2D eigenvalue weighted by Gasteiger charge is -2.38.